The van der Waals surface area contributed by atoms with Gasteiger partial charge in [0.2, 0.25) is 5.91 Å². The minimum absolute atomic E-state index is 0.0443. The summed E-state index contributed by atoms with van der Waals surface area (Å²) in [6.45, 7) is 3.19. The van der Waals surface area contributed by atoms with Crippen LogP contribution < -0.4 is 5.32 Å². The smallest absolute Gasteiger partial charge is 0.246 e. The summed E-state index contributed by atoms with van der Waals surface area (Å²) < 4.78 is 10.0. The van der Waals surface area contributed by atoms with Crippen LogP contribution in [-0.4, -0.2) is 38.9 Å². The van der Waals surface area contributed by atoms with Crippen molar-refractivity contribution in [1.29, 1.82) is 0 Å². The first-order valence-electron chi connectivity index (χ1n) is 6.64. The van der Waals surface area contributed by atoms with Crippen molar-refractivity contribution >= 4 is 5.91 Å². The van der Waals surface area contributed by atoms with E-state index in [9.17, 15) is 4.79 Å². The number of rotatable bonds is 7. The van der Waals surface area contributed by atoms with Gasteiger partial charge in [-0.3, -0.25) is 4.79 Å². The van der Waals surface area contributed by atoms with Gasteiger partial charge in [-0.15, -0.1) is 0 Å². The molecule has 2 rings (SSSR count). The monoisotopic (exact) mass is 263 g/mol. The molecule has 1 fully saturated rings. The third kappa shape index (κ3) is 4.04. The first kappa shape index (κ1) is 14.0. The van der Waals surface area contributed by atoms with Crippen molar-refractivity contribution < 1.29 is 14.3 Å². The second kappa shape index (κ2) is 6.68. The van der Waals surface area contributed by atoms with E-state index in [0.717, 1.165) is 6.42 Å². The number of ether oxygens (including phenoxy) is 2. The number of carbonyl (C=O) groups is 1. The topological polar surface area (TPSA) is 47.6 Å². The Labute approximate surface area is 114 Å². The van der Waals surface area contributed by atoms with Crippen LogP contribution in [0.2, 0.25) is 0 Å². The summed E-state index contributed by atoms with van der Waals surface area (Å²) in [5.41, 5.74) is 2.63. The first-order valence-corrected chi connectivity index (χ1v) is 6.64. The first-order chi connectivity index (χ1) is 9.22. The third-order valence-electron chi connectivity index (χ3n) is 3.39. The zero-order valence-corrected chi connectivity index (χ0v) is 11.5. The van der Waals surface area contributed by atoms with E-state index in [-0.39, 0.29) is 18.6 Å². The maximum Gasteiger partial charge on any atom is 0.246 e. The molecule has 1 N–H and O–H groups in total. The molecule has 1 aliphatic rings. The van der Waals surface area contributed by atoms with E-state index in [1.807, 2.05) is 12.1 Å². The molecule has 0 spiro atoms. The Hall–Kier alpha value is -1.39. The van der Waals surface area contributed by atoms with Gasteiger partial charge < -0.3 is 14.8 Å². The molecule has 1 amide bonds. The highest BCUT2D eigenvalue weighted by molar-refractivity contribution is 5.78. The van der Waals surface area contributed by atoms with E-state index in [1.54, 1.807) is 7.11 Å². The molecule has 4 nitrogen and oxygen atoms in total. The average Bonchev–Trinajstić information content (AvgIpc) is 3.14. The van der Waals surface area contributed by atoms with Crippen LogP contribution in [0.3, 0.4) is 0 Å². The van der Waals surface area contributed by atoms with Crippen LogP contribution in [0.25, 0.3) is 0 Å². The molecule has 0 bridgehead atoms. The molecule has 0 aliphatic heterocycles. The molecule has 0 heterocycles. The maximum atomic E-state index is 11.6. The summed E-state index contributed by atoms with van der Waals surface area (Å²) in [6, 6.07) is 8.60. The van der Waals surface area contributed by atoms with E-state index in [0.29, 0.717) is 19.1 Å². The van der Waals surface area contributed by atoms with Crippen molar-refractivity contribution in [2.45, 2.75) is 25.3 Å². The number of aryl methyl sites for hydroxylation is 1. The zero-order valence-electron chi connectivity index (χ0n) is 11.5. The maximum absolute atomic E-state index is 11.6. The van der Waals surface area contributed by atoms with Crippen molar-refractivity contribution in [2.24, 2.45) is 0 Å². The average molecular weight is 263 g/mol. The molecule has 0 saturated heterocycles. The van der Waals surface area contributed by atoms with Crippen LogP contribution in [0.4, 0.5) is 0 Å². The van der Waals surface area contributed by atoms with Gasteiger partial charge in [0.15, 0.2) is 0 Å². The fraction of sp³-hybridized carbons (Fsp3) is 0.533. The lowest BCUT2D eigenvalue weighted by Crippen LogP contribution is -2.30. The lowest BCUT2D eigenvalue weighted by Gasteiger charge is -2.07. The standard InChI is InChI=1S/C15H21NO3/c1-11-5-3-4-6-12(11)13-9-14(13)16-15(17)10-19-8-7-18-2/h3-6,13-14H,7-10H2,1-2H3,(H,16,17)/t13-,14+/m0/s1. The van der Waals surface area contributed by atoms with Crippen molar-refractivity contribution in [2.75, 3.05) is 26.9 Å². The molecule has 1 aromatic rings. The molecular weight excluding hydrogens is 242 g/mol. The Morgan fingerprint density at radius 2 is 2.16 bits per heavy atom. The summed E-state index contributed by atoms with van der Waals surface area (Å²) >= 11 is 0. The predicted molar refractivity (Wildman–Crippen MR) is 73.2 cm³/mol. The van der Waals surface area contributed by atoms with Gasteiger partial charge in [-0.25, -0.2) is 0 Å². The number of benzene rings is 1. The Kier molecular flexibility index (Phi) is 4.93. The van der Waals surface area contributed by atoms with Crippen molar-refractivity contribution in [3.05, 3.63) is 35.4 Å². The normalized spacial score (nSPS) is 21.2. The third-order valence-corrected chi connectivity index (χ3v) is 3.39. The molecule has 0 aromatic heterocycles. The lowest BCUT2D eigenvalue weighted by molar-refractivity contribution is -0.126. The van der Waals surface area contributed by atoms with Crippen molar-refractivity contribution in [1.82, 2.24) is 5.32 Å². The largest absolute Gasteiger partial charge is 0.382 e. The van der Waals surface area contributed by atoms with Crippen LogP contribution in [0.1, 0.15) is 23.5 Å². The number of carbonyl (C=O) groups excluding carboxylic acids is 1. The highest BCUT2D eigenvalue weighted by Gasteiger charge is 2.39. The molecule has 1 aliphatic carbocycles. The highest BCUT2D eigenvalue weighted by Crippen LogP contribution is 2.41. The predicted octanol–water partition coefficient (Wildman–Crippen LogP) is 1.63. The molecule has 4 heteroatoms. The second-order valence-electron chi connectivity index (χ2n) is 4.92. The van der Waals surface area contributed by atoms with Crippen LogP contribution in [0.5, 0.6) is 0 Å². The zero-order chi connectivity index (χ0) is 13.7. The minimum Gasteiger partial charge on any atom is -0.382 e. The highest BCUT2D eigenvalue weighted by atomic mass is 16.5. The van der Waals surface area contributed by atoms with E-state index in [2.05, 4.69) is 24.4 Å². The van der Waals surface area contributed by atoms with Gasteiger partial charge in [0.05, 0.1) is 13.2 Å². The van der Waals surface area contributed by atoms with Gasteiger partial charge >= 0.3 is 0 Å². The van der Waals surface area contributed by atoms with Gasteiger partial charge in [-0.2, -0.15) is 0 Å². The molecule has 104 valence electrons. The Bertz CT molecular complexity index is 433. The van der Waals surface area contributed by atoms with E-state index < -0.39 is 0 Å². The molecule has 0 unspecified atom stereocenters. The quantitative estimate of drug-likeness (QED) is 0.761. The van der Waals surface area contributed by atoms with Gasteiger partial charge in [0, 0.05) is 19.1 Å². The van der Waals surface area contributed by atoms with Crippen molar-refractivity contribution in [3.63, 3.8) is 0 Å². The van der Waals surface area contributed by atoms with Gasteiger partial charge in [0.25, 0.3) is 0 Å². The molecule has 2 atom stereocenters. The van der Waals surface area contributed by atoms with Crippen LogP contribution in [0, 0.1) is 6.92 Å². The van der Waals surface area contributed by atoms with E-state index in [1.165, 1.54) is 11.1 Å². The molecule has 1 saturated carbocycles. The van der Waals surface area contributed by atoms with Gasteiger partial charge in [-0.1, -0.05) is 24.3 Å². The van der Waals surface area contributed by atoms with Crippen LogP contribution in [-0.2, 0) is 14.3 Å². The fourth-order valence-electron chi connectivity index (χ4n) is 2.26. The van der Waals surface area contributed by atoms with Gasteiger partial charge in [-0.05, 0) is 24.5 Å². The Morgan fingerprint density at radius 3 is 2.89 bits per heavy atom. The summed E-state index contributed by atoms with van der Waals surface area (Å²) in [6.07, 6.45) is 1.02. The SMILES string of the molecule is COCCOCC(=O)N[C@@H]1C[C@H]1c1ccccc1C. The number of methoxy groups -OCH3 is 1. The van der Waals surface area contributed by atoms with E-state index >= 15 is 0 Å². The molecule has 0 radical (unpaired) electrons. The summed E-state index contributed by atoms with van der Waals surface area (Å²) in [5, 5.41) is 3.00. The summed E-state index contributed by atoms with van der Waals surface area (Å²) in [5.74, 6) is 0.418. The van der Waals surface area contributed by atoms with Crippen molar-refractivity contribution in [3.8, 4) is 0 Å². The molecule has 1 aromatic carbocycles. The van der Waals surface area contributed by atoms with Gasteiger partial charge in [0.1, 0.15) is 6.61 Å². The second-order valence-corrected chi connectivity index (χ2v) is 4.92. The number of nitrogens with one attached hydrogen (secondary N) is 1. The lowest BCUT2D eigenvalue weighted by atomic mass is 10.0. The molecule has 19 heavy (non-hydrogen) atoms. The van der Waals surface area contributed by atoms with E-state index in [4.69, 9.17) is 9.47 Å². The Balaban J connectivity index is 1.72. The number of amides is 1. The molecular formula is C15H21NO3. The number of hydrogen-bond donors (Lipinski definition) is 1. The summed E-state index contributed by atoms with van der Waals surface area (Å²) in [7, 11) is 1.61. The van der Waals surface area contributed by atoms with Crippen LogP contribution >= 0.6 is 0 Å². The fourth-order valence-corrected chi connectivity index (χ4v) is 2.26. The minimum atomic E-state index is -0.0443. The number of hydrogen-bond acceptors (Lipinski definition) is 3. The van der Waals surface area contributed by atoms with Crippen LogP contribution in [0.15, 0.2) is 24.3 Å². The Morgan fingerprint density at radius 1 is 1.37 bits per heavy atom. The summed E-state index contributed by atoms with van der Waals surface area (Å²) in [4.78, 5) is 11.6.